The standard InChI is InChI=1S/C22H32F2N2O3S/c1-20(2,3)29-19(27)26-11-9-22(10-12-26)13-14-15(23)7-8-16(24)17(14)18(22)25-30(28)21(4,5)6/h7-8,18,25H,9-13H2,1-6H3/t18-,30?/m0/s1. The predicted octanol–water partition coefficient (Wildman–Crippen LogP) is 4.63. The van der Waals surface area contributed by atoms with E-state index in [1.807, 2.05) is 41.5 Å². The van der Waals surface area contributed by atoms with E-state index in [1.54, 1.807) is 4.90 Å². The quantitative estimate of drug-likeness (QED) is 0.678. The molecule has 1 amide bonds. The number of ether oxygens (including phenoxy) is 1. The summed E-state index contributed by atoms with van der Waals surface area (Å²) in [7, 11) is 0. The number of nitrogens with zero attached hydrogens (tertiary/aromatic N) is 1. The molecular formula is C22H32F2N2O3S. The summed E-state index contributed by atoms with van der Waals surface area (Å²) in [4.78, 5) is 14.1. The Hall–Kier alpha value is -1.38. The molecule has 0 radical (unpaired) electrons. The Bertz CT molecular complexity index is 812. The first-order valence-electron chi connectivity index (χ1n) is 10.4. The first kappa shape index (κ1) is 23.3. The third-order valence-corrected chi connectivity index (χ3v) is 7.43. The second-order valence-corrected chi connectivity index (χ2v) is 12.4. The van der Waals surface area contributed by atoms with Crippen molar-refractivity contribution in [2.45, 2.75) is 77.2 Å². The SMILES string of the molecule is CC(C)(C)OC(=O)N1CCC2(CC1)Cc1c(F)ccc(F)c1[C@@H]2N[S+]([O-])C(C)(C)C. The van der Waals surface area contributed by atoms with Crippen LogP contribution in [0.3, 0.4) is 0 Å². The van der Waals surface area contributed by atoms with Crippen LogP contribution < -0.4 is 4.72 Å². The summed E-state index contributed by atoms with van der Waals surface area (Å²) in [5, 5.41) is 0. The second-order valence-electron chi connectivity index (χ2n) is 10.4. The van der Waals surface area contributed by atoms with Crippen LogP contribution in [0, 0.1) is 17.0 Å². The lowest BCUT2D eigenvalue weighted by Gasteiger charge is -2.43. The molecule has 2 atom stereocenters. The molecule has 1 aromatic rings. The first-order chi connectivity index (χ1) is 13.7. The zero-order valence-corrected chi connectivity index (χ0v) is 19.4. The monoisotopic (exact) mass is 442 g/mol. The van der Waals surface area contributed by atoms with Gasteiger partial charge in [-0.3, -0.25) is 0 Å². The Morgan fingerprint density at radius 2 is 1.73 bits per heavy atom. The molecule has 1 spiro atoms. The molecule has 3 rings (SSSR count). The van der Waals surface area contributed by atoms with Crippen LogP contribution >= 0.6 is 0 Å². The zero-order valence-electron chi connectivity index (χ0n) is 18.6. The van der Waals surface area contributed by atoms with Gasteiger partial charge in [0.2, 0.25) is 0 Å². The van der Waals surface area contributed by atoms with E-state index in [0.29, 0.717) is 37.9 Å². The van der Waals surface area contributed by atoms with Gasteiger partial charge < -0.3 is 14.2 Å². The summed E-state index contributed by atoms with van der Waals surface area (Å²) in [6.45, 7) is 11.8. The molecule has 168 valence electrons. The smallest absolute Gasteiger partial charge is 0.410 e. The molecule has 1 N–H and O–H groups in total. The molecule has 0 saturated carbocycles. The van der Waals surface area contributed by atoms with Gasteiger partial charge in [-0.25, -0.2) is 13.6 Å². The van der Waals surface area contributed by atoms with Crippen molar-refractivity contribution < 1.29 is 22.9 Å². The van der Waals surface area contributed by atoms with E-state index in [0.717, 1.165) is 12.1 Å². The number of piperidine rings is 1. The van der Waals surface area contributed by atoms with E-state index in [1.165, 1.54) is 0 Å². The fourth-order valence-corrected chi connectivity index (χ4v) is 5.19. The summed E-state index contributed by atoms with van der Waals surface area (Å²) in [5.41, 5.74) is -0.469. The summed E-state index contributed by atoms with van der Waals surface area (Å²) in [6, 6.07) is 1.71. The molecule has 1 unspecified atom stereocenters. The molecular weight excluding hydrogens is 410 g/mol. The normalized spacial score (nSPS) is 22.2. The van der Waals surface area contributed by atoms with E-state index in [4.69, 9.17) is 4.74 Å². The van der Waals surface area contributed by atoms with Gasteiger partial charge in [-0.2, -0.15) is 0 Å². The molecule has 1 aliphatic heterocycles. The average Bonchev–Trinajstić information content (AvgIpc) is 2.92. The maximum atomic E-state index is 14.8. The number of likely N-dealkylation sites (tertiary alicyclic amines) is 1. The molecule has 1 fully saturated rings. The van der Waals surface area contributed by atoms with Crippen molar-refractivity contribution in [2.24, 2.45) is 5.41 Å². The highest BCUT2D eigenvalue weighted by atomic mass is 32.2. The molecule has 2 aliphatic rings. The molecule has 1 saturated heterocycles. The van der Waals surface area contributed by atoms with Crippen molar-refractivity contribution in [1.82, 2.24) is 9.62 Å². The fraction of sp³-hybridized carbons (Fsp3) is 0.682. The number of rotatable bonds is 2. The van der Waals surface area contributed by atoms with Crippen LogP contribution in [-0.4, -0.2) is 39.0 Å². The van der Waals surface area contributed by atoms with Gasteiger partial charge in [0.15, 0.2) is 0 Å². The van der Waals surface area contributed by atoms with Crippen molar-refractivity contribution >= 4 is 17.5 Å². The minimum absolute atomic E-state index is 0.276. The number of amides is 1. The molecule has 0 bridgehead atoms. The lowest BCUT2D eigenvalue weighted by molar-refractivity contribution is 0.00700. The van der Waals surface area contributed by atoms with Crippen molar-refractivity contribution in [3.63, 3.8) is 0 Å². The maximum Gasteiger partial charge on any atom is 0.410 e. The fourth-order valence-electron chi connectivity index (χ4n) is 4.26. The zero-order chi connectivity index (χ0) is 22.5. The average molecular weight is 443 g/mol. The molecule has 1 aromatic carbocycles. The third kappa shape index (κ3) is 4.60. The number of fused-ring (bicyclic) bond motifs is 1. The van der Waals surface area contributed by atoms with Gasteiger partial charge in [0, 0.05) is 35.4 Å². The van der Waals surface area contributed by atoms with Crippen LogP contribution in [0.25, 0.3) is 0 Å². The van der Waals surface area contributed by atoms with Crippen molar-refractivity contribution in [3.8, 4) is 0 Å². The van der Waals surface area contributed by atoms with Crippen molar-refractivity contribution in [3.05, 3.63) is 34.9 Å². The van der Waals surface area contributed by atoms with Gasteiger partial charge in [0.25, 0.3) is 0 Å². The highest BCUT2D eigenvalue weighted by Gasteiger charge is 2.53. The minimum atomic E-state index is -1.45. The number of carbonyl (C=O) groups excluding carboxylic acids is 1. The van der Waals surface area contributed by atoms with E-state index in [-0.39, 0.29) is 11.7 Å². The third-order valence-electron chi connectivity index (χ3n) is 5.87. The Morgan fingerprint density at radius 3 is 2.27 bits per heavy atom. The Labute approximate surface area is 180 Å². The van der Waals surface area contributed by atoms with E-state index < -0.39 is 44.8 Å². The number of benzene rings is 1. The Balaban J connectivity index is 1.87. The molecule has 8 heteroatoms. The number of halogens is 2. The van der Waals surface area contributed by atoms with Gasteiger partial charge in [-0.1, -0.05) is 0 Å². The van der Waals surface area contributed by atoms with E-state index >= 15 is 0 Å². The molecule has 5 nitrogen and oxygen atoms in total. The molecule has 0 aromatic heterocycles. The lowest BCUT2D eigenvalue weighted by atomic mass is 9.73. The topological polar surface area (TPSA) is 64.6 Å². The van der Waals surface area contributed by atoms with Crippen LogP contribution in [0.4, 0.5) is 13.6 Å². The summed E-state index contributed by atoms with van der Waals surface area (Å²) in [6.07, 6.45) is 1.05. The van der Waals surface area contributed by atoms with Crippen LogP contribution in [0.1, 0.15) is 71.6 Å². The summed E-state index contributed by atoms with van der Waals surface area (Å²) >= 11 is -1.45. The van der Waals surface area contributed by atoms with E-state index in [9.17, 15) is 18.1 Å². The minimum Gasteiger partial charge on any atom is -0.598 e. The Kier molecular flexibility index (Phi) is 6.17. The van der Waals surface area contributed by atoms with Gasteiger partial charge in [-0.15, -0.1) is 4.72 Å². The van der Waals surface area contributed by atoms with Crippen LogP contribution in [0.15, 0.2) is 12.1 Å². The summed E-state index contributed by atoms with van der Waals surface area (Å²) in [5.74, 6) is -0.924. The predicted molar refractivity (Wildman–Crippen MR) is 113 cm³/mol. The molecule has 1 heterocycles. The largest absolute Gasteiger partial charge is 0.598 e. The van der Waals surface area contributed by atoms with Gasteiger partial charge in [0.05, 0.1) is 6.04 Å². The molecule has 30 heavy (non-hydrogen) atoms. The van der Waals surface area contributed by atoms with Crippen molar-refractivity contribution in [1.29, 1.82) is 0 Å². The van der Waals surface area contributed by atoms with Crippen LogP contribution in [-0.2, 0) is 22.5 Å². The lowest BCUT2D eigenvalue weighted by Crippen LogP contribution is -2.51. The Morgan fingerprint density at radius 1 is 1.17 bits per heavy atom. The summed E-state index contributed by atoms with van der Waals surface area (Å²) < 4.78 is 50.3. The maximum absolute atomic E-state index is 14.8. The van der Waals surface area contributed by atoms with Crippen LogP contribution in [0.2, 0.25) is 0 Å². The highest BCUT2D eigenvalue weighted by Crippen LogP contribution is 2.54. The van der Waals surface area contributed by atoms with Crippen molar-refractivity contribution in [2.75, 3.05) is 13.1 Å². The van der Waals surface area contributed by atoms with E-state index in [2.05, 4.69) is 4.72 Å². The number of nitrogens with one attached hydrogen (secondary N) is 1. The first-order valence-corrected chi connectivity index (χ1v) is 11.5. The van der Waals surface area contributed by atoms with Gasteiger partial charge in [0.1, 0.15) is 22.0 Å². The second kappa shape index (κ2) is 7.95. The number of hydrogen-bond acceptors (Lipinski definition) is 4. The highest BCUT2D eigenvalue weighted by molar-refractivity contribution is 7.90. The number of carbonyl (C=O) groups is 1. The van der Waals surface area contributed by atoms with Gasteiger partial charge in [-0.05, 0) is 78.5 Å². The molecule has 1 aliphatic carbocycles. The van der Waals surface area contributed by atoms with Gasteiger partial charge >= 0.3 is 6.09 Å². The van der Waals surface area contributed by atoms with Crippen LogP contribution in [0.5, 0.6) is 0 Å². The number of hydrogen-bond donors (Lipinski definition) is 1.